The van der Waals surface area contributed by atoms with E-state index >= 15 is 0 Å². The van der Waals surface area contributed by atoms with Crippen molar-refractivity contribution in [3.05, 3.63) is 71.8 Å². The number of carbonyl (C=O) groups excluding carboxylic acids is 1. The summed E-state index contributed by atoms with van der Waals surface area (Å²) in [6.45, 7) is 4.26. The van der Waals surface area contributed by atoms with E-state index < -0.39 is 0 Å². The maximum atomic E-state index is 13.2. The fraction of sp³-hybridized carbons (Fsp3) is 0.435. The first kappa shape index (κ1) is 17.7. The lowest BCUT2D eigenvalue weighted by Crippen LogP contribution is -2.37. The van der Waals surface area contributed by atoms with Crippen molar-refractivity contribution in [2.75, 3.05) is 0 Å². The van der Waals surface area contributed by atoms with E-state index in [1.807, 2.05) is 24.3 Å². The monoisotopic (exact) mass is 335 g/mol. The van der Waals surface area contributed by atoms with Crippen LogP contribution in [0.15, 0.2) is 60.7 Å². The largest absolute Gasteiger partial charge is 0.348 e. The van der Waals surface area contributed by atoms with E-state index in [2.05, 4.69) is 55.6 Å². The SMILES string of the molecule is CC(C)C(C(=O)NC(c1ccccc1)C1CCCC1)c1ccccc1. The molecular weight excluding hydrogens is 306 g/mol. The van der Waals surface area contributed by atoms with Gasteiger partial charge in [0.1, 0.15) is 0 Å². The lowest BCUT2D eigenvalue weighted by Gasteiger charge is -2.29. The van der Waals surface area contributed by atoms with Gasteiger partial charge in [-0.25, -0.2) is 0 Å². The number of amides is 1. The van der Waals surface area contributed by atoms with Gasteiger partial charge >= 0.3 is 0 Å². The van der Waals surface area contributed by atoms with Crippen molar-refractivity contribution in [2.24, 2.45) is 11.8 Å². The first-order chi connectivity index (χ1) is 12.2. The summed E-state index contributed by atoms with van der Waals surface area (Å²) in [5, 5.41) is 3.42. The summed E-state index contributed by atoms with van der Waals surface area (Å²) in [6.07, 6.45) is 4.96. The molecule has 0 bridgehead atoms. The van der Waals surface area contributed by atoms with Crippen LogP contribution in [0.5, 0.6) is 0 Å². The van der Waals surface area contributed by atoms with Crippen LogP contribution in [0.25, 0.3) is 0 Å². The van der Waals surface area contributed by atoms with Gasteiger partial charge in [0.05, 0.1) is 12.0 Å². The van der Waals surface area contributed by atoms with Gasteiger partial charge in [-0.15, -0.1) is 0 Å². The van der Waals surface area contributed by atoms with Crippen molar-refractivity contribution < 1.29 is 4.79 Å². The Labute approximate surface area is 151 Å². The van der Waals surface area contributed by atoms with Gasteiger partial charge in [-0.2, -0.15) is 0 Å². The Kier molecular flexibility index (Phi) is 5.91. The molecule has 0 aliphatic heterocycles. The topological polar surface area (TPSA) is 29.1 Å². The second-order valence-corrected chi connectivity index (χ2v) is 7.57. The van der Waals surface area contributed by atoms with E-state index in [1.165, 1.54) is 31.2 Å². The third kappa shape index (κ3) is 4.31. The standard InChI is InChI=1S/C23H29NO/c1-17(2)21(18-11-5-3-6-12-18)23(25)24-22(20-15-9-10-16-20)19-13-7-4-8-14-19/h3-8,11-14,17,20-22H,9-10,15-16H2,1-2H3,(H,24,25). The zero-order chi connectivity index (χ0) is 17.6. The molecule has 0 aromatic heterocycles. The molecule has 25 heavy (non-hydrogen) atoms. The quantitative estimate of drug-likeness (QED) is 0.744. The molecule has 0 radical (unpaired) electrons. The van der Waals surface area contributed by atoms with Gasteiger partial charge in [-0.05, 0) is 35.8 Å². The molecule has 1 fully saturated rings. The van der Waals surface area contributed by atoms with Crippen LogP contribution < -0.4 is 5.32 Å². The van der Waals surface area contributed by atoms with E-state index in [4.69, 9.17) is 0 Å². The van der Waals surface area contributed by atoms with Crippen molar-refractivity contribution in [3.8, 4) is 0 Å². The van der Waals surface area contributed by atoms with E-state index in [1.54, 1.807) is 0 Å². The van der Waals surface area contributed by atoms with Crippen LogP contribution in [0.4, 0.5) is 0 Å². The maximum Gasteiger partial charge on any atom is 0.228 e. The molecule has 1 N–H and O–H groups in total. The average molecular weight is 335 g/mol. The van der Waals surface area contributed by atoms with Crippen molar-refractivity contribution in [3.63, 3.8) is 0 Å². The normalized spacial score (nSPS) is 17.4. The molecule has 2 aromatic carbocycles. The summed E-state index contributed by atoms with van der Waals surface area (Å²) in [7, 11) is 0. The van der Waals surface area contributed by atoms with Gasteiger partial charge in [0, 0.05) is 0 Å². The molecular formula is C23H29NO. The molecule has 2 aromatic rings. The number of carbonyl (C=O) groups is 1. The zero-order valence-corrected chi connectivity index (χ0v) is 15.3. The van der Waals surface area contributed by atoms with E-state index in [0.29, 0.717) is 5.92 Å². The highest BCUT2D eigenvalue weighted by Crippen LogP contribution is 2.36. The first-order valence-electron chi connectivity index (χ1n) is 9.57. The van der Waals surface area contributed by atoms with E-state index in [0.717, 1.165) is 5.56 Å². The predicted octanol–water partition coefficient (Wildman–Crippen LogP) is 5.47. The molecule has 2 unspecified atom stereocenters. The third-order valence-electron chi connectivity index (χ3n) is 5.44. The molecule has 2 atom stereocenters. The van der Waals surface area contributed by atoms with Gasteiger partial charge in [-0.1, -0.05) is 87.4 Å². The molecule has 1 aliphatic rings. The van der Waals surface area contributed by atoms with Gasteiger partial charge in [0.2, 0.25) is 5.91 Å². The molecule has 1 saturated carbocycles. The number of hydrogen-bond donors (Lipinski definition) is 1. The van der Waals surface area contributed by atoms with Gasteiger partial charge < -0.3 is 5.32 Å². The fourth-order valence-electron chi connectivity index (χ4n) is 4.17. The van der Waals surface area contributed by atoms with Gasteiger partial charge in [0.15, 0.2) is 0 Å². The molecule has 132 valence electrons. The van der Waals surface area contributed by atoms with Crippen LogP contribution in [0.3, 0.4) is 0 Å². The highest BCUT2D eigenvalue weighted by Gasteiger charge is 2.31. The first-order valence-corrected chi connectivity index (χ1v) is 9.57. The van der Waals surface area contributed by atoms with Gasteiger partial charge in [0.25, 0.3) is 0 Å². The molecule has 3 rings (SSSR count). The summed E-state index contributed by atoms with van der Waals surface area (Å²) in [4.78, 5) is 13.2. The predicted molar refractivity (Wildman–Crippen MR) is 103 cm³/mol. The molecule has 2 nitrogen and oxygen atoms in total. The average Bonchev–Trinajstić information content (AvgIpc) is 3.15. The lowest BCUT2D eigenvalue weighted by atomic mass is 9.86. The van der Waals surface area contributed by atoms with Crippen LogP contribution in [-0.2, 0) is 4.79 Å². The van der Waals surface area contributed by atoms with Crippen molar-refractivity contribution in [1.82, 2.24) is 5.32 Å². The minimum Gasteiger partial charge on any atom is -0.348 e. The second kappa shape index (κ2) is 8.33. The molecule has 1 aliphatic carbocycles. The number of rotatable bonds is 6. The molecule has 0 saturated heterocycles. The van der Waals surface area contributed by atoms with E-state index in [-0.39, 0.29) is 23.8 Å². The Bertz CT molecular complexity index is 659. The summed E-state index contributed by atoms with van der Waals surface area (Å²) in [5.74, 6) is 0.869. The summed E-state index contributed by atoms with van der Waals surface area (Å²) < 4.78 is 0. The molecule has 2 heteroatoms. The molecule has 0 heterocycles. The number of benzene rings is 2. The molecule has 1 amide bonds. The van der Waals surface area contributed by atoms with Crippen LogP contribution in [-0.4, -0.2) is 5.91 Å². The Morgan fingerprint density at radius 3 is 1.92 bits per heavy atom. The van der Waals surface area contributed by atoms with Gasteiger partial charge in [-0.3, -0.25) is 4.79 Å². The Morgan fingerprint density at radius 1 is 0.880 bits per heavy atom. The summed E-state index contributed by atoms with van der Waals surface area (Å²) in [6, 6.07) is 20.8. The van der Waals surface area contributed by atoms with E-state index in [9.17, 15) is 4.79 Å². The summed E-state index contributed by atoms with van der Waals surface area (Å²) in [5.41, 5.74) is 2.34. The van der Waals surface area contributed by atoms with Crippen molar-refractivity contribution in [1.29, 1.82) is 0 Å². The Morgan fingerprint density at radius 2 is 1.40 bits per heavy atom. The smallest absolute Gasteiger partial charge is 0.228 e. The maximum absolute atomic E-state index is 13.2. The van der Waals surface area contributed by atoms with Crippen molar-refractivity contribution in [2.45, 2.75) is 51.5 Å². The van der Waals surface area contributed by atoms with Crippen LogP contribution in [0.1, 0.15) is 62.6 Å². The Hall–Kier alpha value is -2.09. The number of nitrogens with one attached hydrogen (secondary N) is 1. The molecule has 0 spiro atoms. The van der Waals surface area contributed by atoms with Crippen LogP contribution in [0, 0.1) is 11.8 Å². The third-order valence-corrected chi connectivity index (χ3v) is 5.44. The van der Waals surface area contributed by atoms with Crippen LogP contribution in [0.2, 0.25) is 0 Å². The number of hydrogen-bond acceptors (Lipinski definition) is 1. The lowest BCUT2D eigenvalue weighted by molar-refractivity contribution is -0.124. The zero-order valence-electron chi connectivity index (χ0n) is 15.3. The van der Waals surface area contributed by atoms with Crippen LogP contribution >= 0.6 is 0 Å². The van der Waals surface area contributed by atoms with Crippen molar-refractivity contribution >= 4 is 5.91 Å². The Balaban J connectivity index is 1.83. The highest BCUT2D eigenvalue weighted by atomic mass is 16.2. The fourth-order valence-corrected chi connectivity index (χ4v) is 4.17. The highest BCUT2D eigenvalue weighted by molar-refractivity contribution is 5.84. The summed E-state index contributed by atoms with van der Waals surface area (Å²) >= 11 is 0. The second-order valence-electron chi connectivity index (χ2n) is 7.57. The minimum absolute atomic E-state index is 0.103. The minimum atomic E-state index is -0.103.